The number of amides is 1. The first-order valence-electron chi connectivity index (χ1n) is 7.86. The molecule has 3 rings (SSSR count). The average molecular weight is 290 g/mol. The molecule has 0 aromatic heterocycles. The van der Waals surface area contributed by atoms with Crippen LogP contribution in [0.2, 0.25) is 0 Å². The summed E-state index contributed by atoms with van der Waals surface area (Å²) in [6.07, 6.45) is 4.60. The Morgan fingerprint density at radius 3 is 2.81 bits per heavy atom. The summed E-state index contributed by atoms with van der Waals surface area (Å²) in [7, 11) is 0. The van der Waals surface area contributed by atoms with Crippen LogP contribution in [0.5, 0.6) is 0 Å². The molecule has 0 radical (unpaired) electrons. The van der Waals surface area contributed by atoms with Crippen molar-refractivity contribution in [3.05, 3.63) is 29.6 Å². The number of halogens is 1. The van der Waals surface area contributed by atoms with E-state index in [1.165, 1.54) is 12.1 Å². The zero-order chi connectivity index (χ0) is 15.0. The van der Waals surface area contributed by atoms with E-state index < -0.39 is 5.41 Å². The molecule has 1 heterocycles. The molecule has 1 aromatic rings. The van der Waals surface area contributed by atoms with E-state index in [0.29, 0.717) is 19.0 Å². The number of hydrogen-bond donors (Lipinski definition) is 1. The van der Waals surface area contributed by atoms with Crippen molar-refractivity contribution in [2.24, 2.45) is 17.1 Å². The predicted molar refractivity (Wildman–Crippen MR) is 81.6 cm³/mol. The molecule has 2 aliphatic rings. The smallest absolute Gasteiger partial charge is 0.234 e. The van der Waals surface area contributed by atoms with Crippen molar-refractivity contribution in [2.75, 3.05) is 18.0 Å². The first-order valence-corrected chi connectivity index (χ1v) is 7.86. The second kappa shape index (κ2) is 5.41. The van der Waals surface area contributed by atoms with Gasteiger partial charge in [0.25, 0.3) is 0 Å². The molecule has 0 bridgehead atoms. The maximum Gasteiger partial charge on any atom is 0.234 e. The number of carbonyl (C=O) groups is 1. The number of nitrogens with zero attached hydrogens (tertiary/aromatic N) is 1. The van der Waals surface area contributed by atoms with Crippen LogP contribution in [0.4, 0.5) is 10.1 Å². The number of rotatable bonds is 2. The molecule has 0 spiro atoms. The van der Waals surface area contributed by atoms with Crippen LogP contribution in [-0.4, -0.2) is 19.0 Å². The Morgan fingerprint density at radius 2 is 2.14 bits per heavy atom. The summed E-state index contributed by atoms with van der Waals surface area (Å²) in [6.45, 7) is 3.26. The van der Waals surface area contributed by atoms with Gasteiger partial charge < -0.3 is 10.6 Å². The Morgan fingerprint density at radius 1 is 1.43 bits per heavy atom. The molecule has 3 nitrogen and oxygen atoms in total. The van der Waals surface area contributed by atoms with Gasteiger partial charge in [0.2, 0.25) is 5.91 Å². The van der Waals surface area contributed by atoms with Crippen LogP contribution >= 0.6 is 0 Å². The third-order valence-corrected chi connectivity index (χ3v) is 5.26. The van der Waals surface area contributed by atoms with Gasteiger partial charge in [-0.2, -0.15) is 0 Å². The van der Waals surface area contributed by atoms with Crippen molar-refractivity contribution >= 4 is 11.6 Å². The lowest BCUT2D eigenvalue weighted by Crippen LogP contribution is -2.49. The van der Waals surface area contributed by atoms with Crippen molar-refractivity contribution in [3.63, 3.8) is 0 Å². The van der Waals surface area contributed by atoms with E-state index >= 15 is 0 Å². The van der Waals surface area contributed by atoms with Gasteiger partial charge in [-0.25, -0.2) is 4.39 Å². The maximum atomic E-state index is 13.5. The zero-order valence-electron chi connectivity index (χ0n) is 12.6. The molecular weight excluding hydrogens is 267 g/mol. The first kappa shape index (κ1) is 14.5. The maximum absolute atomic E-state index is 13.5. The highest BCUT2D eigenvalue weighted by Gasteiger charge is 2.43. The van der Waals surface area contributed by atoms with Crippen molar-refractivity contribution in [2.45, 2.75) is 39.0 Å². The first-order chi connectivity index (χ1) is 10.1. The summed E-state index contributed by atoms with van der Waals surface area (Å²) in [5.41, 5.74) is 7.34. The quantitative estimate of drug-likeness (QED) is 0.910. The molecule has 1 amide bonds. The van der Waals surface area contributed by atoms with E-state index in [9.17, 15) is 9.18 Å². The third kappa shape index (κ3) is 2.46. The molecule has 2 N–H and O–H groups in total. The predicted octanol–water partition coefficient (Wildman–Crippen LogP) is 2.87. The SMILES string of the molecule is CC1CCC(CN)(C(=O)N2CCc3ccc(F)cc32)CC1. The summed E-state index contributed by atoms with van der Waals surface area (Å²) in [5, 5.41) is 0. The average Bonchev–Trinajstić information content (AvgIpc) is 2.90. The lowest BCUT2D eigenvalue weighted by atomic mass is 9.70. The highest BCUT2D eigenvalue weighted by atomic mass is 19.1. The summed E-state index contributed by atoms with van der Waals surface area (Å²) in [5.74, 6) is 0.481. The van der Waals surface area contributed by atoms with Gasteiger partial charge in [0.1, 0.15) is 5.82 Å². The van der Waals surface area contributed by atoms with Crippen LogP contribution in [0.15, 0.2) is 18.2 Å². The molecule has 1 fully saturated rings. The molecule has 1 saturated carbocycles. The van der Waals surface area contributed by atoms with Gasteiger partial charge in [0, 0.05) is 18.8 Å². The lowest BCUT2D eigenvalue weighted by Gasteiger charge is -2.39. The van der Waals surface area contributed by atoms with E-state index in [4.69, 9.17) is 5.73 Å². The molecule has 0 atom stereocenters. The van der Waals surface area contributed by atoms with Crippen LogP contribution in [0, 0.1) is 17.2 Å². The Labute approximate surface area is 125 Å². The monoisotopic (exact) mass is 290 g/mol. The molecule has 1 aliphatic carbocycles. The minimum absolute atomic E-state index is 0.0984. The van der Waals surface area contributed by atoms with Gasteiger partial charge >= 0.3 is 0 Å². The van der Waals surface area contributed by atoms with Gasteiger partial charge in [0.05, 0.1) is 5.41 Å². The van der Waals surface area contributed by atoms with Crippen LogP contribution in [0.3, 0.4) is 0 Å². The van der Waals surface area contributed by atoms with Crippen LogP contribution < -0.4 is 10.6 Å². The number of anilines is 1. The topological polar surface area (TPSA) is 46.3 Å². The molecule has 1 aromatic carbocycles. The Balaban J connectivity index is 1.88. The number of benzene rings is 1. The van der Waals surface area contributed by atoms with E-state index in [1.54, 1.807) is 11.0 Å². The minimum Gasteiger partial charge on any atom is -0.329 e. The van der Waals surface area contributed by atoms with Crippen LogP contribution in [0.1, 0.15) is 38.2 Å². The fraction of sp³-hybridized carbons (Fsp3) is 0.588. The van der Waals surface area contributed by atoms with Gasteiger partial charge in [-0.1, -0.05) is 13.0 Å². The molecule has 1 aliphatic heterocycles. The fourth-order valence-corrected chi connectivity index (χ4v) is 3.67. The molecule has 114 valence electrons. The molecule has 0 unspecified atom stereocenters. The molecule has 4 heteroatoms. The van der Waals surface area contributed by atoms with Gasteiger partial charge in [0.15, 0.2) is 0 Å². The van der Waals surface area contributed by atoms with E-state index in [-0.39, 0.29) is 11.7 Å². The van der Waals surface area contributed by atoms with E-state index in [1.807, 2.05) is 0 Å². The summed E-state index contributed by atoms with van der Waals surface area (Å²) < 4.78 is 13.5. The lowest BCUT2D eigenvalue weighted by molar-refractivity contribution is -0.129. The standard InChI is InChI=1S/C17H23FN2O/c1-12-4-7-17(11-19,8-5-12)16(21)20-9-6-13-2-3-14(18)10-15(13)20/h2-3,10,12H,4-9,11,19H2,1H3. The molecule has 0 saturated heterocycles. The summed E-state index contributed by atoms with van der Waals surface area (Å²) in [4.78, 5) is 14.8. The van der Waals surface area contributed by atoms with Crippen molar-refractivity contribution in [1.29, 1.82) is 0 Å². The van der Waals surface area contributed by atoms with Gasteiger partial charge in [-0.05, 0) is 55.7 Å². The van der Waals surface area contributed by atoms with Crippen molar-refractivity contribution < 1.29 is 9.18 Å². The van der Waals surface area contributed by atoms with Crippen molar-refractivity contribution in [1.82, 2.24) is 0 Å². The van der Waals surface area contributed by atoms with Gasteiger partial charge in [-0.15, -0.1) is 0 Å². The largest absolute Gasteiger partial charge is 0.329 e. The highest BCUT2D eigenvalue weighted by Crippen LogP contribution is 2.42. The second-order valence-electron chi connectivity index (χ2n) is 6.65. The summed E-state index contributed by atoms with van der Waals surface area (Å²) in [6, 6.07) is 4.74. The fourth-order valence-electron chi connectivity index (χ4n) is 3.67. The highest BCUT2D eigenvalue weighted by molar-refractivity contribution is 5.99. The van der Waals surface area contributed by atoms with Gasteiger partial charge in [-0.3, -0.25) is 4.79 Å². The number of fused-ring (bicyclic) bond motifs is 1. The number of nitrogens with two attached hydrogens (primary N) is 1. The molecule has 21 heavy (non-hydrogen) atoms. The number of carbonyl (C=O) groups excluding carboxylic acids is 1. The Kier molecular flexibility index (Phi) is 3.74. The van der Waals surface area contributed by atoms with E-state index in [0.717, 1.165) is 43.4 Å². The number of hydrogen-bond acceptors (Lipinski definition) is 2. The van der Waals surface area contributed by atoms with Crippen LogP contribution in [0.25, 0.3) is 0 Å². The normalized spacial score (nSPS) is 28.5. The van der Waals surface area contributed by atoms with E-state index in [2.05, 4.69) is 6.92 Å². The second-order valence-corrected chi connectivity index (χ2v) is 6.65. The zero-order valence-corrected chi connectivity index (χ0v) is 12.6. The third-order valence-electron chi connectivity index (χ3n) is 5.26. The van der Waals surface area contributed by atoms with Crippen molar-refractivity contribution in [3.8, 4) is 0 Å². The summed E-state index contributed by atoms with van der Waals surface area (Å²) >= 11 is 0. The molecular formula is C17H23FN2O. The minimum atomic E-state index is -0.444. The van der Waals surface area contributed by atoms with Crippen LogP contribution in [-0.2, 0) is 11.2 Å². The Bertz CT molecular complexity index is 550. The Hall–Kier alpha value is -1.42.